The average molecular weight is 477 g/mol. The summed E-state index contributed by atoms with van der Waals surface area (Å²) in [6.45, 7) is 4.32. The lowest BCUT2D eigenvalue weighted by Gasteiger charge is -2.31. The van der Waals surface area contributed by atoms with Gasteiger partial charge in [-0.05, 0) is 53.9 Å². The van der Waals surface area contributed by atoms with Gasteiger partial charge in [0.25, 0.3) is 0 Å². The number of hydrogen-bond donors (Lipinski definition) is 2. The van der Waals surface area contributed by atoms with Crippen molar-refractivity contribution < 1.29 is 24.2 Å². The van der Waals surface area contributed by atoms with Crippen molar-refractivity contribution in [3.63, 3.8) is 0 Å². The molecule has 1 fully saturated rings. The Morgan fingerprint density at radius 2 is 1.60 bits per heavy atom. The zero-order valence-electron chi connectivity index (χ0n) is 19.8. The van der Waals surface area contributed by atoms with Crippen molar-refractivity contribution >= 4 is 18.0 Å². The van der Waals surface area contributed by atoms with Gasteiger partial charge < -0.3 is 20.1 Å². The summed E-state index contributed by atoms with van der Waals surface area (Å²) < 4.78 is 5.61. The summed E-state index contributed by atoms with van der Waals surface area (Å²) in [4.78, 5) is 37.5. The first-order chi connectivity index (χ1) is 17.0. The fourth-order valence-electron chi connectivity index (χ4n) is 5.30. The van der Waals surface area contributed by atoms with Crippen LogP contribution in [-0.2, 0) is 14.3 Å². The highest BCUT2D eigenvalue weighted by Crippen LogP contribution is 2.44. The van der Waals surface area contributed by atoms with Gasteiger partial charge in [-0.15, -0.1) is 6.58 Å². The summed E-state index contributed by atoms with van der Waals surface area (Å²) in [5.41, 5.74) is 4.74. The SMILES string of the molecule is C=CCN(CC(=O)O)C(=O)C1CCC(CNC(=O)OCC2c3ccccc3-c3ccccc32)CC1. The van der Waals surface area contributed by atoms with E-state index in [9.17, 15) is 14.4 Å². The van der Waals surface area contributed by atoms with Gasteiger partial charge in [0, 0.05) is 24.9 Å². The van der Waals surface area contributed by atoms with Crippen molar-refractivity contribution in [2.24, 2.45) is 11.8 Å². The van der Waals surface area contributed by atoms with E-state index in [1.165, 1.54) is 27.2 Å². The number of nitrogens with one attached hydrogen (secondary N) is 1. The lowest BCUT2D eigenvalue weighted by molar-refractivity contribution is -0.146. The van der Waals surface area contributed by atoms with E-state index >= 15 is 0 Å². The minimum absolute atomic E-state index is 0.0268. The minimum atomic E-state index is -1.03. The first-order valence-corrected chi connectivity index (χ1v) is 12.2. The molecule has 0 aromatic heterocycles. The number of benzene rings is 2. The number of carboxylic acid groups (broad SMARTS) is 1. The van der Waals surface area contributed by atoms with Crippen molar-refractivity contribution in [2.75, 3.05) is 26.2 Å². The highest BCUT2D eigenvalue weighted by Gasteiger charge is 2.31. The Labute approximate surface area is 205 Å². The van der Waals surface area contributed by atoms with Crippen LogP contribution in [0.4, 0.5) is 4.79 Å². The highest BCUT2D eigenvalue weighted by atomic mass is 16.5. The molecule has 0 spiro atoms. The molecule has 2 amide bonds. The Balaban J connectivity index is 1.23. The summed E-state index contributed by atoms with van der Waals surface area (Å²) >= 11 is 0. The molecular formula is C28H32N2O5. The number of alkyl carbamates (subject to hydrolysis) is 1. The van der Waals surface area contributed by atoms with Gasteiger partial charge in [0.1, 0.15) is 13.2 Å². The van der Waals surface area contributed by atoms with Crippen LogP contribution in [0, 0.1) is 11.8 Å². The second-order valence-corrected chi connectivity index (χ2v) is 9.33. The maximum atomic E-state index is 12.7. The molecule has 1 saturated carbocycles. The van der Waals surface area contributed by atoms with E-state index in [0.29, 0.717) is 19.4 Å². The predicted octanol–water partition coefficient (Wildman–Crippen LogP) is 4.43. The molecule has 2 aromatic rings. The molecule has 7 heteroatoms. The Morgan fingerprint density at radius 3 is 2.17 bits per heavy atom. The average Bonchev–Trinajstić information content (AvgIpc) is 3.19. The summed E-state index contributed by atoms with van der Waals surface area (Å²) in [6, 6.07) is 16.5. The highest BCUT2D eigenvalue weighted by molar-refractivity contribution is 5.83. The lowest BCUT2D eigenvalue weighted by Crippen LogP contribution is -2.41. The normalized spacial score (nSPS) is 18.7. The third-order valence-corrected chi connectivity index (χ3v) is 7.06. The maximum Gasteiger partial charge on any atom is 0.407 e. The van der Waals surface area contributed by atoms with Crippen LogP contribution >= 0.6 is 0 Å². The number of amides is 2. The Hall–Kier alpha value is -3.61. The van der Waals surface area contributed by atoms with Crippen LogP contribution in [0.3, 0.4) is 0 Å². The number of carboxylic acids is 1. The summed E-state index contributed by atoms with van der Waals surface area (Å²) in [5.74, 6) is -1.04. The van der Waals surface area contributed by atoms with Crippen LogP contribution in [0.1, 0.15) is 42.7 Å². The molecule has 0 aliphatic heterocycles. The molecule has 0 saturated heterocycles. The zero-order valence-corrected chi connectivity index (χ0v) is 19.8. The number of rotatable bonds is 9. The van der Waals surface area contributed by atoms with Gasteiger partial charge in [-0.2, -0.15) is 0 Å². The van der Waals surface area contributed by atoms with Crippen molar-refractivity contribution in [3.8, 4) is 11.1 Å². The number of aliphatic carboxylic acids is 1. The van der Waals surface area contributed by atoms with E-state index in [-0.39, 0.29) is 43.4 Å². The zero-order chi connectivity index (χ0) is 24.8. The van der Waals surface area contributed by atoms with Crippen LogP contribution in [0.5, 0.6) is 0 Å². The van der Waals surface area contributed by atoms with Crippen LogP contribution < -0.4 is 5.32 Å². The largest absolute Gasteiger partial charge is 0.480 e. The number of ether oxygens (including phenoxy) is 1. The Bertz CT molecular complexity index is 1040. The number of fused-ring (bicyclic) bond motifs is 3. The number of nitrogens with zero attached hydrogens (tertiary/aromatic N) is 1. The van der Waals surface area contributed by atoms with E-state index in [2.05, 4.69) is 36.2 Å². The fourth-order valence-corrected chi connectivity index (χ4v) is 5.30. The smallest absolute Gasteiger partial charge is 0.407 e. The van der Waals surface area contributed by atoms with Crippen molar-refractivity contribution in [2.45, 2.75) is 31.6 Å². The third-order valence-electron chi connectivity index (χ3n) is 7.06. The van der Waals surface area contributed by atoms with E-state index in [1.54, 1.807) is 6.08 Å². The quantitative estimate of drug-likeness (QED) is 0.522. The summed E-state index contributed by atoms with van der Waals surface area (Å²) in [7, 11) is 0. The number of carbonyl (C=O) groups excluding carboxylic acids is 2. The Morgan fingerprint density at radius 1 is 1.00 bits per heavy atom. The molecule has 0 unspecified atom stereocenters. The molecule has 0 bridgehead atoms. The van der Waals surface area contributed by atoms with Gasteiger partial charge in [0.05, 0.1) is 0 Å². The number of carbonyl (C=O) groups is 3. The molecule has 2 aliphatic carbocycles. The lowest BCUT2D eigenvalue weighted by atomic mass is 9.81. The van der Waals surface area contributed by atoms with Gasteiger partial charge >= 0.3 is 12.1 Å². The van der Waals surface area contributed by atoms with Crippen molar-refractivity contribution in [1.82, 2.24) is 10.2 Å². The molecule has 35 heavy (non-hydrogen) atoms. The first-order valence-electron chi connectivity index (χ1n) is 12.2. The topological polar surface area (TPSA) is 95.9 Å². The van der Waals surface area contributed by atoms with E-state index in [4.69, 9.17) is 9.84 Å². The molecule has 0 atom stereocenters. The van der Waals surface area contributed by atoms with Gasteiger partial charge in [-0.3, -0.25) is 9.59 Å². The monoisotopic (exact) mass is 476 g/mol. The van der Waals surface area contributed by atoms with E-state index in [0.717, 1.165) is 12.8 Å². The summed E-state index contributed by atoms with van der Waals surface area (Å²) in [6.07, 6.45) is 4.09. The number of hydrogen-bond acceptors (Lipinski definition) is 4. The van der Waals surface area contributed by atoms with Crippen LogP contribution in [0.2, 0.25) is 0 Å². The third kappa shape index (κ3) is 5.73. The molecule has 0 heterocycles. The minimum Gasteiger partial charge on any atom is -0.480 e. The molecular weight excluding hydrogens is 444 g/mol. The molecule has 4 rings (SSSR count). The standard InChI is InChI=1S/C28H32N2O5/c1-2-15-30(17-26(31)32)27(33)20-13-11-19(12-14-20)16-29-28(34)35-18-25-23-9-5-3-7-21(23)22-8-4-6-10-24(22)25/h2-10,19-20,25H,1,11-18H2,(H,29,34)(H,31,32). The van der Waals surface area contributed by atoms with Gasteiger partial charge in [0.15, 0.2) is 0 Å². The van der Waals surface area contributed by atoms with Crippen LogP contribution in [-0.4, -0.2) is 54.2 Å². The fraction of sp³-hybridized carbons (Fsp3) is 0.393. The predicted molar refractivity (Wildman–Crippen MR) is 133 cm³/mol. The van der Waals surface area contributed by atoms with Gasteiger partial charge in [0.2, 0.25) is 5.91 Å². The molecule has 2 aliphatic rings. The van der Waals surface area contributed by atoms with Gasteiger partial charge in [-0.1, -0.05) is 54.6 Å². The van der Waals surface area contributed by atoms with E-state index in [1.807, 2.05) is 24.3 Å². The van der Waals surface area contributed by atoms with Crippen LogP contribution in [0.25, 0.3) is 11.1 Å². The molecule has 2 aromatic carbocycles. The molecule has 2 N–H and O–H groups in total. The van der Waals surface area contributed by atoms with Gasteiger partial charge in [-0.25, -0.2) is 4.79 Å². The second kappa shape index (κ2) is 11.2. The molecule has 7 nitrogen and oxygen atoms in total. The van der Waals surface area contributed by atoms with Crippen molar-refractivity contribution in [1.29, 1.82) is 0 Å². The maximum absolute atomic E-state index is 12.7. The molecule has 0 radical (unpaired) electrons. The second-order valence-electron chi connectivity index (χ2n) is 9.33. The first kappa shape index (κ1) is 24.5. The summed E-state index contributed by atoms with van der Waals surface area (Å²) in [5, 5.41) is 11.9. The Kier molecular flexibility index (Phi) is 7.85. The van der Waals surface area contributed by atoms with Crippen LogP contribution in [0.15, 0.2) is 61.2 Å². The van der Waals surface area contributed by atoms with E-state index < -0.39 is 12.1 Å². The van der Waals surface area contributed by atoms with Crippen molar-refractivity contribution in [3.05, 3.63) is 72.3 Å². The molecule has 184 valence electrons.